The molecular formula is C21H22FN5O6. The molecule has 1 aromatic carbocycles. The summed E-state index contributed by atoms with van der Waals surface area (Å²) in [5, 5.41) is 0. The number of methoxy groups -OCH3 is 1. The third-order valence-electron chi connectivity index (χ3n) is 5.32. The second-order valence-corrected chi connectivity index (χ2v) is 7.53. The van der Waals surface area contributed by atoms with Crippen molar-refractivity contribution in [2.45, 2.75) is 44.5 Å². The Hall–Kier alpha value is -3.80. The summed E-state index contributed by atoms with van der Waals surface area (Å²) in [5.74, 6) is -1.60. The van der Waals surface area contributed by atoms with Crippen molar-refractivity contribution in [3.05, 3.63) is 52.6 Å². The predicted octanol–water partition coefficient (Wildman–Crippen LogP) is 0.954. The maximum Gasteiger partial charge on any atom is 0.332 e. The van der Waals surface area contributed by atoms with Gasteiger partial charge >= 0.3 is 17.6 Å². The Morgan fingerprint density at radius 2 is 2.00 bits per heavy atom. The Bertz CT molecular complexity index is 1240. The number of benzene rings is 1. The number of halogens is 1. The third-order valence-corrected chi connectivity index (χ3v) is 5.32. The molecule has 11 nitrogen and oxygen atoms in total. The average molecular weight is 459 g/mol. The van der Waals surface area contributed by atoms with Gasteiger partial charge in [0.05, 0.1) is 26.3 Å². The second kappa shape index (κ2) is 8.98. The van der Waals surface area contributed by atoms with Crippen LogP contribution in [0.3, 0.4) is 0 Å². The summed E-state index contributed by atoms with van der Waals surface area (Å²) in [6, 6.07) is 9.18. The average Bonchev–Trinajstić information content (AvgIpc) is 3.22. The minimum absolute atomic E-state index is 0.0801. The molecule has 1 fully saturated rings. The van der Waals surface area contributed by atoms with Crippen molar-refractivity contribution >= 4 is 29.1 Å². The van der Waals surface area contributed by atoms with Crippen LogP contribution in [0.15, 0.2) is 41.3 Å². The molecule has 4 rings (SSSR count). The van der Waals surface area contributed by atoms with Crippen LogP contribution < -0.4 is 11.4 Å². The highest BCUT2D eigenvalue weighted by molar-refractivity contribution is 5.72. The highest BCUT2D eigenvalue weighted by Gasteiger charge is 2.50. The summed E-state index contributed by atoms with van der Waals surface area (Å²) >= 11 is 0. The number of nitrogen functional groups attached to an aromatic ring is 1. The lowest BCUT2D eigenvalue weighted by molar-refractivity contribution is -0.154. The molecule has 1 aliphatic heterocycles. The molecule has 0 saturated carbocycles. The van der Waals surface area contributed by atoms with Crippen molar-refractivity contribution in [1.82, 2.24) is 19.1 Å². The minimum atomic E-state index is -1.89. The number of nitrogens with zero attached hydrogens (tertiary/aromatic N) is 4. The number of nitrogens with two attached hydrogens (primary N) is 1. The Morgan fingerprint density at radius 1 is 1.27 bits per heavy atom. The van der Waals surface area contributed by atoms with Gasteiger partial charge in [-0.1, -0.05) is 30.3 Å². The van der Waals surface area contributed by atoms with Crippen molar-refractivity contribution in [3.63, 3.8) is 0 Å². The van der Waals surface area contributed by atoms with Crippen molar-refractivity contribution in [2.75, 3.05) is 12.8 Å². The topological polar surface area (TPSA) is 141 Å². The predicted molar refractivity (Wildman–Crippen MR) is 113 cm³/mol. The maximum absolute atomic E-state index is 15.2. The number of anilines is 1. The van der Waals surface area contributed by atoms with E-state index in [-0.39, 0.29) is 18.1 Å². The second-order valence-electron chi connectivity index (χ2n) is 7.53. The van der Waals surface area contributed by atoms with Crippen molar-refractivity contribution < 1.29 is 28.2 Å². The number of carbonyl (C=O) groups is 2. The lowest BCUT2D eigenvalue weighted by atomic mass is 10.1. The van der Waals surface area contributed by atoms with Gasteiger partial charge in [-0.25, -0.2) is 18.7 Å². The summed E-state index contributed by atoms with van der Waals surface area (Å²) in [4.78, 5) is 45.0. The van der Waals surface area contributed by atoms with Gasteiger partial charge in [-0.15, -0.1) is 0 Å². The highest BCUT2D eigenvalue weighted by atomic mass is 19.1. The van der Waals surface area contributed by atoms with E-state index in [0.29, 0.717) is 5.52 Å². The normalized spacial score (nSPS) is 22.4. The molecule has 0 amide bonds. The first-order chi connectivity index (χ1) is 15.8. The number of esters is 2. The zero-order valence-electron chi connectivity index (χ0n) is 17.9. The molecule has 12 heteroatoms. The van der Waals surface area contributed by atoms with Crippen LogP contribution in [0, 0.1) is 0 Å². The first kappa shape index (κ1) is 22.4. The zero-order chi connectivity index (χ0) is 23.7. The molecule has 4 atom stereocenters. The van der Waals surface area contributed by atoms with Gasteiger partial charge in [-0.2, -0.15) is 4.98 Å². The molecule has 1 saturated heterocycles. The van der Waals surface area contributed by atoms with Gasteiger partial charge in [0.15, 0.2) is 24.2 Å². The van der Waals surface area contributed by atoms with Crippen LogP contribution in [-0.2, 0) is 30.3 Å². The highest BCUT2D eigenvalue weighted by Crippen LogP contribution is 2.36. The summed E-state index contributed by atoms with van der Waals surface area (Å²) in [6.45, 7) is 1.28. The van der Waals surface area contributed by atoms with Crippen LogP contribution in [0.5, 0.6) is 0 Å². The first-order valence-corrected chi connectivity index (χ1v) is 10.1. The summed E-state index contributed by atoms with van der Waals surface area (Å²) < 4.78 is 33.2. The zero-order valence-corrected chi connectivity index (χ0v) is 17.9. The Morgan fingerprint density at radius 3 is 2.67 bits per heavy atom. The number of aromatic nitrogens is 4. The van der Waals surface area contributed by atoms with Crippen LogP contribution in [-0.4, -0.2) is 56.5 Å². The fourth-order valence-corrected chi connectivity index (χ4v) is 3.85. The van der Waals surface area contributed by atoms with E-state index in [2.05, 4.69) is 14.7 Å². The molecule has 33 heavy (non-hydrogen) atoms. The molecular weight excluding hydrogens is 437 g/mol. The molecule has 0 bridgehead atoms. The Balaban J connectivity index is 1.83. The number of alkyl halides is 1. The monoisotopic (exact) mass is 459 g/mol. The number of fused-ring (bicyclic) bond motifs is 1. The van der Waals surface area contributed by atoms with E-state index in [1.807, 2.05) is 30.3 Å². The molecule has 1 aliphatic rings. The number of hydrogen-bond donors (Lipinski definition) is 1. The molecule has 2 aromatic heterocycles. The molecule has 3 aromatic rings. The number of imidazole rings is 1. The lowest BCUT2D eigenvalue weighted by Gasteiger charge is -2.19. The van der Waals surface area contributed by atoms with E-state index in [4.69, 9.17) is 15.2 Å². The molecule has 174 valence electrons. The Labute approximate surface area is 186 Å². The van der Waals surface area contributed by atoms with Gasteiger partial charge in [-0.3, -0.25) is 14.2 Å². The third kappa shape index (κ3) is 4.29. The molecule has 0 spiro atoms. The molecule has 0 aliphatic carbocycles. The van der Waals surface area contributed by atoms with Crippen LogP contribution in [0.1, 0.15) is 25.1 Å². The van der Waals surface area contributed by atoms with Gasteiger partial charge < -0.3 is 19.9 Å². The van der Waals surface area contributed by atoms with E-state index in [9.17, 15) is 14.4 Å². The van der Waals surface area contributed by atoms with E-state index >= 15 is 4.39 Å². The molecule has 0 unspecified atom stereocenters. The minimum Gasteiger partial charge on any atom is -0.469 e. The number of ether oxygens (including phenoxy) is 3. The van der Waals surface area contributed by atoms with Crippen LogP contribution >= 0.6 is 0 Å². The summed E-state index contributed by atoms with van der Waals surface area (Å²) in [5.41, 5.74) is 6.39. The van der Waals surface area contributed by atoms with E-state index in [1.165, 1.54) is 10.8 Å². The quantitative estimate of drug-likeness (QED) is 0.534. The molecule has 3 heterocycles. The van der Waals surface area contributed by atoms with Crippen LogP contribution in [0.2, 0.25) is 0 Å². The van der Waals surface area contributed by atoms with Gasteiger partial charge in [0, 0.05) is 6.92 Å². The van der Waals surface area contributed by atoms with Gasteiger partial charge in [0.25, 0.3) is 0 Å². The van der Waals surface area contributed by atoms with Gasteiger partial charge in [0.1, 0.15) is 11.6 Å². The first-order valence-electron chi connectivity index (χ1n) is 10.1. The van der Waals surface area contributed by atoms with Crippen molar-refractivity contribution in [2.24, 2.45) is 0 Å². The van der Waals surface area contributed by atoms with Crippen LogP contribution in [0.4, 0.5) is 10.3 Å². The maximum atomic E-state index is 15.2. The van der Waals surface area contributed by atoms with Crippen LogP contribution in [0.25, 0.3) is 11.2 Å². The summed E-state index contributed by atoms with van der Waals surface area (Å²) in [6.07, 6.45) is -5.13. The SMILES string of the molecule is COC(=O)C[C@H]1O[C@@H](n2c(=O)n(Cc3ccccc3)c3cnc(N)nc32)[C@H](OC(C)=O)[C@@H]1F. The summed E-state index contributed by atoms with van der Waals surface area (Å²) in [7, 11) is 1.16. The molecule has 2 N–H and O–H groups in total. The number of hydrogen-bond acceptors (Lipinski definition) is 9. The largest absolute Gasteiger partial charge is 0.469 e. The Kier molecular flexibility index (Phi) is 6.09. The fourth-order valence-electron chi connectivity index (χ4n) is 3.85. The van der Waals surface area contributed by atoms with E-state index in [1.54, 1.807) is 0 Å². The van der Waals surface area contributed by atoms with Crippen molar-refractivity contribution in [3.8, 4) is 0 Å². The van der Waals surface area contributed by atoms with Gasteiger partial charge in [0.2, 0.25) is 5.95 Å². The molecule has 0 radical (unpaired) electrons. The fraction of sp³-hybridized carbons (Fsp3) is 0.381. The van der Waals surface area contributed by atoms with Crippen molar-refractivity contribution in [1.29, 1.82) is 0 Å². The standard InChI is InChI=1S/C21H22FN5O6/c1-11(28)32-17-16(22)14(8-15(29)31-2)33-19(17)27-18-13(9-24-20(23)25-18)26(21(27)30)10-12-6-4-3-5-7-12/h3-7,9,14,16-17,19H,8,10H2,1-2H3,(H2,23,24,25)/t14-,16-,17-,19-/m1/s1. The number of rotatable bonds is 6. The lowest BCUT2D eigenvalue weighted by Crippen LogP contribution is -2.37. The van der Waals surface area contributed by atoms with E-state index < -0.39 is 48.7 Å². The smallest absolute Gasteiger partial charge is 0.332 e. The van der Waals surface area contributed by atoms with Gasteiger partial charge in [-0.05, 0) is 5.56 Å². The van der Waals surface area contributed by atoms with E-state index in [0.717, 1.165) is 24.2 Å². The number of carbonyl (C=O) groups excluding carboxylic acids is 2.